The van der Waals surface area contributed by atoms with Crippen molar-refractivity contribution in [2.45, 2.75) is 28.1 Å². The lowest BCUT2D eigenvalue weighted by Gasteiger charge is -2.24. The first-order valence-electron chi connectivity index (χ1n) is 8.99. The lowest BCUT2D eigenvalue weighted by Crippen LogP contribution is -2.31. The number of nitrogens with zero attached hydrogens (tertiary/aromatic N) is 1. The van der Waals surface area contributed by atoms with Crippen LogP contribution in [0.1, 0.15) is 29.0 Å². The van der Waals surface area contributed by atoms with Gasteiger partial charge in [0, 0.05) is 23.0 Å². The van der Waals surface area contributed by atoms with Crippen molar-refractivity contribution in [2.75, 3.05) is 11.6 Å². The molecule has 0 saturated heterocycles. The summed E-state index contributed by atoms with van der Waals surface area (Å²) in [5.41, 5.74) is 1.59. The maximum atomic E-state index is 13.8. The van der Waals surface area contributed by atoms with Crippen LogP contribution in [0.5, 0.6) is 0 Å². The number of carbonyl (C=O) groups is 1. The molecule has 0 spiro atoms. The molecule has 2 aromatic carbocycles. The molecule has 5 nitrogen and oxygen atoms in total. The van der Waals surface area contributed by atoms with Gasteiger partial charge in [-0.25, -0.2) is 9.37 Å². The van der Waals surface area contributed by atoms with E-state index in [0.717, 1.165) is 10.5 Å². The number of nitrogens with one attached hydrogen (secondary N) is 2. The Morgan fingerprint density at radius 3 is 2.62 bits per heavy atom. The maximum Gasteiger partial charge on any atom is 0.257 e. The summed E-state index contributed by atoms with van der Waals surface area (Å²) in [6.07, 6.45) is 2.19. The van der Waals surface area contributed by atoms with Gasteiger partial charge in [-0.15, -0.1) is 11.8 Å². The van der Waals surface area contributed by atoms with E-state index in [9.17, 15) is 14.0 Å². The molecule has 3 aromatic rings. The van der Waals surface area contributed by atoms with Crippen LogP contribution < -0.4 is 10.9 Å². The van der Waals surface area contributed by atoms with E-state index >= 15 is 0 Å². The number of amides is 1. The molecule has 8 heteroatoms. The first-order chi connectivity index (χ1) is 14.0. The summed E-state index contributed by atoms with van der Waals surface area (Å²) < 4.78 is 13.8. The Balaban J connectivity index is 1.64. The standard InChI is InChI=1S/C21H18FN3O2S2/c1-28-14-8-6-12(7-9-14)15-10-17(26)23-19-18(15)20(27)25-21(24-19)29-11-13-4-2-3-5-16(13)22/h2-9,15H,10-11H2,1H3,(H2,23,24,25,26,27). The second kappa shape index (κ2) is 8.42. The molecular formula is C21H18FN3O2S2. The van der Waals surface area contributed by atoms with Crippen LogP contribution in [-0.2, 0) is 10.5 Å². The van der Waals surface area contributed by atoms with Gasteiger partial charge in [-0.2, -0.15) is 0 Å². The molecule has 148 valence electrons. The highest BCUT2D eigenvalue weighted by Crippen LogP contribution is 2.35. The lowest BCUT2D eigenvalue weighted by molar-refractivity contribution is -0.116. The molecule has 0 bridgehead atoms. The number of H-pyrrole nitrogens is 1. The number of aromatic amines is 1. The molecule has 2 N–H and O–H groups in total. The van der Waals surface area contributed by atoms with E-state index in [1.807, 2.05) is 30.5 Å². The number of anilines is 1. The van der Waals surface area contributed by atoms with Crippen LogP contribution in [0, 0.1) is 5.82 Å². The molecule has 2 heterocycles. The van der Waals surface area contributed by atoms with Gasteiger partial charge in [0.05, 0.1) is 5.56 Å². The number of benzene rings is 2. The third-order valence-electron chi connectivity index (χ3n) is 4.77. The van der Waals surface area contributed by atoms with Gasteiger partial charge >= 0.3 is 0 Å². The number of halogens is 1. The summed E-state index contributed by atoms with van der Waals surface area (Å²) in [6, 6.07) is 14.3. The monoisotopic (exact) mass is 427 g/mol. The first-order valence-corrected chi connectivity index (χ1v) is 11.2. The molecule has 1 amide bonds. The number of fused-ring (bicyclic) bond motifs is 1. The van der Waals surface area contributed by atoms with Crippen LogP contribution in [0.25, 0.3) is 0 Å². The molecule has 1 aliphatic rings. The predicted octanol–water partition coefficient (Wildman–Crippen LogP) is 4.40. The van der Waals surface area contributed by atoms with Crippen molar-refractivity contribution in [1.82, 2.24) is 9.97 Å². The molecule has 1 unspecified atom stereocenters. The third kappa shape index (κ3) is 4.23. The third-order valence-corrected chi connectivity index (χ3v) is 6.44. The second-order valence-corrected chi connectivity index (χ2v) is 8.44. The van der Waals surface area contributed by atoms with E-state index in [1.54, 1.807) is 30.0 Å². The van der Waals surface area contributed by atoms with Crippen LogP contribution in [0.2, 0.25) is 0 Å². The van der Waals surface area contributed by atoms with Crippen molar-refractivity contribution in [1.29, 1.82) is 0 Å². The Labute approximate surface area is 175 Å². The number of hydrogen-bond donors (Lipinski definition) is 2. The van der Waals surface area contributed by atoms with Crippen molar-refractivity contribution in [2.24, 2.45) is 0 Å². The van der Waals surface area contributed by atoms with Gasteiger partial charge in [-0.05, 0) is 35.6 Å². The summed E-state index contributed by atoms with van der Waals surface area (Å²) in [6.45, 7) is 0. The highest BCUT2D eigenvalue weighted by atomic mass is 32.2. The number of rotatable bonds is 5. The number of hydrogen-bond acceptors (Lipinski definition) is 5. The lowest BCUT2D eigenvalue weighted by atomic mass is 9.87. The van der Waals surface area contributed by atoms with Gasteiger partial charge in [-0.3, -0.25) is 9.59 Å². The van der Waals surface area contributed by atoms with Gasteiger partial charge in [0.2, 0.25) is 5.91 Å². The minimum atomic E-state index is -0.350. The Kier molecular flexibility index (Phi) is 5.73. The number of thioether (sulfide) groups is 2. The molecule has 4 rings (SSSR count). The van der Waals surface area contributed by atoms with Crippen LogP contribution in [-0.4, -0.2) is 22.1 Å². The highest BCUT2D eigenvalue weighted by Gasteiger charge is 2.31. The zero-order valence-corrected chi connectivity index (χ0v) is 17.2. The fourth-order valence-electron chi connectivity index (χ4n) is 3.30. The first kappa shape index (κ1) is 19.7. The highest BCUT2D eigenvalue weighted by molar-refractivity contribution is 7.98. The average Bonchev–Trinajstić information content (AvgIpc) is 2.72. The minimum Gasteiger partial charge on any atom is -0.310 e. The largest absolute Gasteiger partial charge is 0.310 e. The Morgan fingerprint density at radius 2 is 1.90 bits per heavy atom. The smallest absolute Gasteiger partial charge is 0.257 e. The van der Waals surface area contributed by atoms with E-state index in [-0.39, 0.29) is 35.4 Å². The van der Waals surface area contributed by atoms with Gasteiger partial charge in [0.25, 0.3) is 5.56 Å². The molecule has 0 fully saturated rings. The Hall–Kier alpha value is -2.58. The summed E-state index contributed by atoms with van der Waals surface area (Å²) in [5.74, 6) is -0.236. The van der Waals surface area contributed by atoms with Gasteiger partial charge in [-0.1, -0.05) is 42.1 Å². The van der Waals surface area contributed by atoms with Crippen LogP contribution >= 0.6 is 23.5 Å². The van der Waals surface area contributed by atoms with Crippen molar-refractivity contribution in [3.8, 4) is 0 Å². The van der Waals surface area contributed by atoms with Crippen molar-refractivity contribution in [3.63, 3.8) is 0 Å². The van der Waals surface area contributed by atoms with E-state index in [2.05, 4.69) is 15.3 Å². The molecule has 29 heavy (non-hydrogen) atoms. The summed E-state index contributed by atoms with van der Waals surface area (Å²) in [5, 5.41) is 3.05. The van der Waals surface area contributed by atoms with E-state index in [0.29, 0.717) is 22.0 Å². The van der Waals surface area contributed by atoms with Gasteiger partial charge in [0.15, 0.2) is 5.16 Å². The zero-order chi connectivity index (χ0) is 20.4. The Morgan fingerprint density at radius 1 is 1.14 bits per heavy atom. The molecular weight excluding hydrogens is 409 g/mol. The topological polar surface area (TPSA) is 74.8 Å². The molecule has 1 aliphatic heterocycles. The molecule has 0 saturated carbocycles. The second-order valence-electron chi connectivity index (χ2n) is 6.59. The van der Waals surface area contributed by atoms with Crippen molar-refractivity contribution < 1.29 is 9.18 Å². The van der Waals surface area contributed by atoms with Gasteiger partial charge < -0.3 is 10.3 Å². The summed E-state index contributed by atoms with van der Waals surface area (Å²) >= 11 is 2.85. The maximum absolute atomic E-state index is 13.8. The fourth-order valence-corrected chi connectivity index (χ4v) is 4.56. The fraction of sp³-hybridized carbons (Fsp3) is 0.190. The van der Waals surface area contributed by atoms with Crippen LogP contribution in [0.15, 0.2) is 63.4 Å². The van der Waals surface area contributed by atoms with Gasteiger partial charge in [0.1, 0.15) is 11.6 Å². The van der Waals surface area contributed by atoms with Crippen molar-refractivity contribution >= 4 is 35.2 Å². The molecule has 1 aromatic heterocycles. The van der Waals surface area contributed by atoms with Crippen molar-refractivity contribution in [3.05, 3.63) is 81.4 Å². The van der Waals surface area contributed by atoms with E-state index in [1.165, 1.54) is 17.8 Å². The minimum absolute atomic E-state index is 0.181. The molecule has 0 radical (unpaired) electrons. The predicted molar refractivity (Wildman–Crippen MR) is 114 cm³/mol. The molecule has 0 aliphatic carbocycles. The summed E-state index contributed by atoms with van der Waals surface area (Å²) in [7, 11) is 0. The average molecular weight is 428 g/mol. The number of aromatic nitrogens is 2. The SMILES string of the molecule is CSc1ccc(C2CC(=O)Nc3nc(SCc4ccccc4F)[nH]c(=O)c32)cc1. The van der Waals surface area contributed by atoms with Crippen LogP contribution in [0.4, 0.5) is 10.2 Å². The number of carbonyl (C=O) groups excluding carboxylic acids is 1. The van der Waals surface area contributed by atoms with Crippen LogP contribution in [0.3, 0.4) is 0 Å². The normalized spacial score (nSPS) is 15.7. The molecule has 1 atom stereocenters. The zero-order valence-electron chi connectivity index (χ0n) is 15.6. The van der Waals surface area contributed by atoms with E-state index < -0.39 is 0 Å². The quantitative estimate of drug-likeness (QED) is 0.466. The Bertz CT molecular complexity index is 1120. The van der Waals surface area contributed by atoms with E-state index in [4.69, 9.17) is 0 Å². The summed E-state index contributed by atoms with van der Waals surface area (Å²) in [4.78, 5) is 33.4.